The first-order chi connectivity index (χ1) is 14.8. The van der Waals surface area contributed by atoms with E-state index in [9.17, 15) is 22.4 Å². The van der Waals surface area contributed by atoms with Crippen molar-refractivity contribution in [3.63, 3.8) is 0 Å². The molecule has 0 aromatic carbocycles. The second kappa shape index (κ2) is 8.61. The van der Waals surface area contributed by atoms with Crippen molar-refractivity contribution in [2.75, 3.05) is 26.2 Å². The monoisotopic (exact) mass is 438 g/mol. The number of alkyl halides is 3. The van der Waals surface area contributed by atoms with Crippen molar-refractivity contribution in [1.82, 2.24) is 20.0 Å². The van der Waals surface area contributed by atoms with Gasteiger partial charge in [-0.25, -0.2) is 4.39 Å². The van der Waals surface area contributed by atoms with Gasteiger partial charge in [0, 0.05) is 38.2 Å². The molecule has 1 aliphatic carbocycles. The molecule has 0 bridgehead atoms. The van der Waals surface area contributed by atoms with Crippen LogP contribution in [0, 0.1) is 5.92 Å². The lowest BCUT2D eigenvalue weighted by molar-refractivity contribution is -0.0949. The molecule has 1 N–H and O–H groups in total. The Balaban J connectivity index is 1.41. The van der Waals surface area contributed by atoms with Crippen LogP contribution in [0.15, 0.2) is 35.2 Å². The van der Waals surface area contributed by atoms with Gasteiger partial charge in [0.15, 0.2) is 5.69 Å². The molecule has 2 aliphatic heterocycles. The predicted octanol–water partition coefficient (Wildman–Crippen LogP) is 4.31. The molecule has 0 radical (unpaired) electrons. The molecule has 3 heterocycles. The summed E-state index contributed by atoms with van der Waals surface area (Å²) in [5.74, 6) is -1.46. The molecular formula is C22H26F4N4O. The van der Waals surface area contributed by atoms with Gasteiger partial charge >= 0.3 is 6.18 Å². The molecule has 1 saturated heterocycles. The standard InChI is InChI=1S/C22H26F4N4O/c1-2-29-9-8-16-19(13-29)27-28-20(16)21(31)30-10-6-14(7-11-30)15-4-3-5-18(23)17(12-15)22(24,25)26/h3-5,14H,2,6-13H2,1H3,(H,27,28). The zero-order valence-corrected chi connectivity index (χ0v) is 17.4. The number of halogens is 4. The Kier molecular flexibility index (Phi) is 6.05. The predicted molar refractivity (Wildman–Crippen MR) is 108 cm³/mol. The number of piperidine rings is 1. The first-order valence-electron chi connectivity index (χ1n) is 10.7. The topological polar surface area (TPSA) is 52.2 Å². The van der Waals surface area contributed by atoms with Gasteiger partial charge in [-0.2, -0.15) is 18.3 Å². The van der Waals surface area contributed by atoms with Crippen LogP contribution in [0.3, 0.4) is 0 Å². The second-order valence-corrected chi connectivity index (χ2v) is 8.32. The molecule has 3 aliphatic rings. The van der Waals surface area contributed by atoms with E-state index in [2.05, 4.69) is 22.0 Å². The van der Waals surface area contributed by atoms with E-state index in [0.717, 1.165) is 43.4 Å². The van der Waals surface area contributed by atoms with Gasteiger partial charge in [-0.05, 0) is 37.8 Å². The summed E-state index contributed by atoms with van der Waals surface area (Å²) >= 11 is 0. The minimum absolute atomic E-state index is 0.108. The van der Waals surface area contributed by atoms with Gasteiger partial charge < -0.3 is 4.90 Å². The summed E-state index contributed by atoms with van der Waals surface area (Å²) in [6, 6.07) is 0. The van der Waals surface area contributed by atoms with Crippen molar-refractivity contribution in [3.8, 4) is 0 Å². The van der Waals surface area contributed by atoms with E-state index in [1.165, 1.54) is 6.08 Å². The van der Waals surface area contributed by atoms with E-state index in [4.69, 9.17) is 0 Å². The number of aromatic nitrogens is 2. The number of likely N-dealkylation sites (N-methyl/N-ethyl adjacent to an activating group) is 1. The summed E-state index contributed by atoms with van der Waals surface area (Å²) in [5, 5.41) is 7.27. The number of aromatic amines is 1. The van der Waals surface area contributed by atoms with Crippen LogP contribution in [0.2, 0.25) is 0 Å². The number of hydrogen-bond acceptors (Lipinski definition) is 3. The van der Waals surface area contributed by atoms with Crippen LogP contribution in [0.25, 0.3) is 0 Å². The minimum Gasteiger partial charge on any atom is -0.337 e. The van der Waals surface area contributed by atoms with Gasteiger partial charge in [-0.1, -0.05) is 24.6 Å². The van der Waals surface area contributed by atoms with Crippen molar-refractivity contribution in [2.24, 2.45) is 5.92 Å². The molecule has 31 heavy (non-hydrogen) atoms. The highest BCUT2D eigenvalue weighted by Crippen LogP contribution is 2.39. The molecule has 0 saturated carbocycles. The third-order valence-electron chi connectivity index (χ3n) is 6.53. The molecule has 0 spiro atoms. The van der Waals surface area contributed by atoms with Crippen LogP contribution in [-0.4, -0.2) is 58.3 Å². The summed E-state index contributed by atoms with van der Waals surface area (Å²) < 4.78 is 53.4. The molecule has 168 valence electrons. The highest BCUT2D eigenvalue weighted by Gasteiger charge is 2.39. The Morgan fingerprint density at radius 1 is 1.26 bits per heavy atom. The Bertz CT molecular complexity index is 936. The average molecular weight is 438 g/mol. The van der Waals surface area contributed by atoms with Gasteiger partial charge in [-0.3, -0.25) is 14.8 Å². The van der Waals surface area contributed by atoms with E-state index in [0.29, 0.717) is 37.2 Å². The van der Waals surface area contributed by atoms with Gasteiger partial charge in [0.25, 0.3) is 5.91 Å². The lowest BCUT2D eigenvalue weighted by Gasteiger charge is -2.33. The zero-order valence-electron chi connectivity index (χ0n) is 17.4. The number of nitrogens with zero attached hydrogens (tertiary/aromatic N) is 3. The number of carbonyl (C=O) groups is 1. The summed E-state index contributed by atoms with van der Waals surface area (Å²) in [4.78, 5) is 17.1. The highest BCUT2D eigenvalue weighted by molar-refractivity contribution is 5.94. The first-order valence-corrected chi connectivity index (χ1v) is 10.7. The lowest BCUT2D eigenvalue weighted by Crippen LogP contribution is -2.40. The van der Waals surface area contributed by atoms with Crippen molar-refractivity contribution in [1.29, 1.82) is 0 Å². The molecule has 1 amide bonds. The number of H-pyrrole nitrogens is 1. The third kappa shape index (κ3) is 4.46. The SMILES string of the molecule is CCN1CCc2c(C(=O)N3CCC(C4=CC=CC(F)=C(C(F)(F)F)C4)CC3)n[nH]c2C1. The van der Waals surface area contributed by atoms with E-state index in [-0.39, 0.29) is 11.8 Å². The molecular weight excluding hydrogens is 412 g/mol. The van der Waals surface area contributed by atoms with Crippen LogP contribution in [-0.2, 0) is 13.0 Å². The number of hydrogen-bond donors (Lipinski definition) is 1. The van der Waals surface area contributed by atoms with E-state index in [1.54, 1.807) is 11.0 Å². The molecule has 4 rings (SSSR count). The number of carbonyl (C=O) groups excluding carboxylic acids is 1. The van der Waals surface area contributed by atoms with Crippen molar-refractivity contribution < 1.29 is 22.4 Å². The van der Waals surface area contributed by atoms with Crippen molar-refractivity contribution in [2.45, 2.75) is 45.3 Å². The Morgan fingerprint density at radius 3 is 2.68 bits per heavy atom. The molecule has 0 atom stereocenters. The van der Waals surface area contributed by atoms with Crippen LogP contribution in [0.1, 0.15) is 47.9 Å². The maximum absolute atomic E-state index is 13.8. The van der Waals surface area contributed by atoms with Crippen LogP contribution >= 0.6 is 0 Å². The van der Waals surface area contributed by atoms with Gasteiger partial charge in [-0.15, -0.1) is 0 Å². The minimum atomic E-state index is -4.69. The Labute approximate surface area is 178 Å². The van der Waals surface area contributed by atoms with Crippen molar-refractivity contribution in [3.05, 3.63) is 52.2 Å². The summed E-state index contributed by atoms with van der Waals surface area (Å²) in [5.41, 5.74) is 1.86. The first kappa shape index (κ1) is 21.8. The number of amides is 1. The largest absolute Gasteiger partial charge is 0.415 e. The smallest absolute Gasteiger partial charge is 0.337 e. The normalized spacial score (nSPS) is 21.2. The summed E-state index contributed by atoms with van der Waals surface area (Å²) in [7, 11) is 0. The number of nitrogens with one attached hydrogen (secondary N) is 1. The lowest BCUT2D eigenvalue weighted by atomic mass is 9.85. The highest BCUT2D eigenvalue weighted by atomic mass is 19.4. The average Bonchev–Trinajstić information content (AvgIpc) is 3.06. The van der Waals surface area contributed by atoms with Gasteiger partial charge in [0.1, 0.15) is 5.83 Å². The third-order valence-corrected chi connectivity index (χ3v) is 6.53. The molecule has 1 fully saturated rings. The quantitative estimate of drug-likeness (QED) is 0.716. The molecule has 1 aromatic rings. The van der Waals surface area contributed by atoms with Gasteiger partial charge in [0.2, 0.25) is 0 Å². The number of likely N-dealkylation sites (tertiary alicyclic amines) is 1. The maximum Gasteiger partial charge on any atom is 0.415 e. The Morgan fingerprint density at radius 2 is 2.00 bits per heavy atom. The molecule has 9 heteroatoms. The fourth-order valence-electron chi connectivity index (χ4n) is 4.64. The van der Waals surface area contributed by atoms with Crippen molar-refractivity contribution >= 4 is 5.91 Å². The molecule has 0 unspecified atom stereocenters. The number of allylic oxidation sites excluding steroid dienone is 6. The van der Waals surface area contributed by atoms with Gasteiger partial charge in [0.05, 0.1) is 11.3 Å². The number of fused-ring (bicyclic) bond motifs is 1. The zero-order chi connectivity index (χ0) is 22.2. The summed E-state index contributed by atoms with van der Waals surface area (Å²) in [6.45, 7) is 5.57. The fourth-order valence-corrected chi connectivity index (χ4v) is 4.64. The van der Waals surface area contributed by atoms with Crippen LogP contribution in [0.4, 0.5) is 17.6 Å². The maximum atomic E-state index is 13.8. The molecule has 5 nitrogen and oxygen atoms in total. The fraction of sp³-hybridized carbons (Fsp3) is 0.545. The number of rotatable bonds is 3. The van der Waals surface area contributed by atoms with E-state index < -0.39 is 24.0 Å². The van der Waals surface area contributed by atoms with Crippen LogP contribution < -0.4 is 0 Å². The Hall–Kier alpha value is -2.42. The molecule has 1 aromatic heterocycles. The van der Waals surface area contributed by atoms with Crippen LogP contribution in [0.5, 0.6) is 0 Å². The second-order valence-electron chi connectivity index (χ2n) is 8.32. The summed E-state index contributed by atoms with van der Waals surface area (Å²) in [6.07, 6.45) is 0.537. The van der Waals surface area contributed by atoms with E-state index in [1.807, 2.05) is 0 Å². The van der Waals surface area contributed by atoms with E-state index >= 15 is 0 Å².